The summed E-state index contributed by atoms with van der Waals surface area (Å²) in [5.41, 5.74) is 0. The highest BCUT2D eigenvalue weighted by Crippen LogP contribution is 2.36. The lowest BCUT2D eigenvalue weighted by molar-refractivity contribution is 0.583. The van der Waals surface area contributed by atoms with Crippen molar-refractivity contribution >= 4 is 29.1 Å². The van der Waals surface area contributed by atoms with E-state index < -0.39 is 0 Å². The van der Waals surface area contributed by atoms with Crippen LogP contribution in [0.25, 0.3) is 0 Å². The van der Waals surface area contributed by atoms with Crippen molar-refractivity contribution in [2.24, 2.45) is 12.0 Å². The Morgan fingerprint density at radius 1 is 1.38 bits per heavy atom. The summed E-state index contributed by atoms with van der Waals surface area (Å²) in [7, 11) is 1.98. The van der Waals surface area contributed by atoms with Crippen molar-refractivity contribution in [3.63, 3.8) is 0 Å². The molecule has 0 aromatic carbocycles. The molecule has 1 fully saturated rings. The summed E-state index contributed by atoms with van der Waals surface area (Å²) in [6, 6.07) is 4.27. The number of guanidine groups is 1. The summed E-state index contributed by atoms with van der Waals surface area (Å²) in [5, 5.41) is 17.5. The van der Waals surface area contributed by atoms with Gasteiger partial charge in [-0.3, -0.25) is 0 Å². The standard InChI is InChI=1S/C18H28N6S2/c1-14-22-23-16(24(14)3)12-20-17(19-9-7-15-6-4-10-25-15)21-13-18(2)8-5-11-26-18/h4,6,10H,5,7-9,11-13H2,1-3H3,(H2,19,20,21). The van der Waals surface area contributed by atoms with Gasteiger partial charge in [0.2, 0.25) is 0 Å². The van der Waals surface area contributed by atoms with Crippen LogP contribution in [0, 0.1) is 6.92 Å². The summed E-state index contributed by atoms with van der Waals surface area (Å²) in [6.07, 6.45) is 3.57. The lowest BCUT2D eigenvalue weighted by Gasteiger charge is -2.24. The number of aromatic nitrogens is 3. The summed E-state index contributed by atoms with van der Waals surface area (Å²) in [6.45, 7) is 6.62. The van der Waals surface area contributed by atoms with Gasteiger partial charge in [0, 0.05) is 29.8 Å². The second-order valence-corrected chi connectivity index (χ2v) is 9.61. The van der Waals surface area contributed by atoms with Gasteiger partial charge >= 0.3 is 0 Å². The van der Waals surface area contributed by atoms with Crippen molar-refractivity contribution in [2.75, 3.05) is 18.8 Å². The van der Waals surface area contributed by atoms with Gasteiger partial charge in [0.05, 0.1) is 0 Å². The highest BCUT2D eigenvalue weighted by molar-refractivity contribution is 8.00. The molecule has 2 N–H and O–H groups in total. The minimum Gasteiger partial charge on any atom is -0.356 e. The van der Waals surface area contributed by atoms with Gasteiger partial charge in [-0.05, 0) is 50.3 Å². The number of nitrogens with zero attached hydrogens (tertiary/aromatic N) is 4. The number of hydrogen-bond donors (Lipinski definition) is 2. The molecular weight excluding hydrogens is 364 g/mol. The van der Waals surface area contributed by atoms with E-state index in [0.717, 1.165) is 37.1 Å². The third kappa shape index (κ3) is 5.23. The molecule has 142 valence electrons. The van der Waals surface area contributed by atoms with Gasteiger partial charge in [-0.2, -0.15) is 11.8 Å². The monoisotopic (exact) mass is 392 g/mol. The maximum absolute atomic E-state index is 4.74. The van der Waals surface area contributed by atoms with E-state index in [4.69, 9.17) is 4.99 Å². The van der Waals surface area contributed by atoms with Crippen molar-refractivity contribution in [3.05, 3.63) is 34.0 Å². The smallest absolute Gasteiger partial charge is 0.191 e. The summed E-state index contributed by atoms with van der Waals surface area (Å²) in [5.74, 6) is 3.90. The Balaban J connectivity index is 1.59. The maximum atomic E-state index is 4.74. The Morgan fingerprint density at radius 2 is 2.27 bits per heavy atom. The van der Waals surface area contributed by atoms with Crippen LogP contribution in [0.15, 0.2) is 22.5 Å². The van der Waals surface area contributed by atoms with Crippen LogP contribution < -0.4 is 10.6 Å². The normalized spacial score (nSPS) is 20.5. The van der Waals surface area contributed by atoms with Crippen LogP contribution in [0.2, 0.25) is 0 Å². The third-order valence-corrected chi connectivity index (χ3v) is 7.21. The zero-order chi connectivity index (χ0) is 18.4. The molecule has 0 radical (unpaired) electrons. The Labute approximate surface area is 163 Å². The fourth-order valence-corrected chi connectivity index (χ4v) is 4.87. The molecule has 8 heteroatoms. The number of aryl methyl sites for hydroxylation is 1. The molecule has 26 heavy (non-hydrogen) atoms. The number of thiophene rings is 1. The van der Waals surface area contributed by atoms with Gasteiger partial charge in [0.15, 0.2) is 11.8 Å². The van der Waals surface area contributed by atoms with Crippen molar-refractivity contribution in [1.82, 2.24) is 25.4 Å². The molecule has 0 amide bonds. The first-order chi connectivity index (χ1) is 12.6. The molecule has 1 aliphatic heterocycles. The average Bonchev–Trinajstić information content (AvgIpc) is 3.36. The van der Waals surface area contributed by atoms with E-state index in [9.17, 15) is 0 Å². The van der Waals surface area contributed by atoms with Gasteiger partial charge in [0.25, 0.3) is 0 Å². The van der Waals surface area contributed by atoms with Gasteiger partial charge in [-0.1, -0.05) is 6.07 Å². The average molecular weight is 393 g/mol. The molecule has 1 atom stereocenters. The van der Waals surface area contributed by atoms with Crippen molar-refractivity contribution in [2.45, 2.75) is 44.4 Å². The second kappa shape index (κ2) is 8.90. The second-order valence-electron chi connectivity index (χ2n) is 6.90. The zero-order valence-corrected chi connectivity index (χ0v) is 17.4. The Bertz CT molecular complexity index is 716. The van der Waals surface area contributed by atoms with Gasteiger partial charge in [0.1, 0.15) is 12.4 Å². The summed E-state index contributed by atoms with van der Waals surface area (Å²) < 4.78 is 2.29. The fourth-order valence-electron chi connectivity index (χ4n) is 2.92. The number of hydrogen-bond acceptors (Lipinski definition) is 5. The van der Waals surface area contributed by atoms with Crippen LogP contribution in [0.3, 0.4) is 0 Å². The summed E-state index contributed by atoms with van der Waals surface area (Å²) >= 11 is 3.86. The van der Waals surface area contributed by atoms with Crippen LogP contribution >= 0.6 is 23.1 Å². The van der Waals surface area contributed by atoms with E-state index >= 15 is 0 Å². The van der Waals surface area contributed by atoms with E-state index in [1.165, 1.54) is 23.5 Å². The largest absolute Gasteiger partial charge is 0.356 e. The number of nitrogens with one attached hydrogen (secondary N) is 2. The molecule has 1 aliphatic rings. The lowest BCUT2D eigenvalue weighted by Crippen LogP contribution is -2.44. The van der Waals surface area contributed by atoms with E-state index in [1.807, 2.05) is 18.5 Å². The predicted octanol–water partition coefficient (Wildman–Crippen LogP) is 2.75. The fraction of sp³-hybridized carbons (Fsp3) is 0.611. The third-order valence-electron chi connectivity index (χ3n) is 4.74. The van der Waals surface area contributed by atoms with Gasteiger partial charge in [-0.15, -0.1) is 21.5 Å². The molecule has 0 bridgehead atoms. The molecule has 1 saturated heterocycles. The quantitative estimate of drug-likeness (QED) is 0.560. The topological polar surface area (TPSA) is 67.1 Å². The Morgan fingerprint density at radius 3 is 2.92 bits per heavy atom. The lowest BCUT2D eigenvalue weighted by atomic mass is 10.1. The molecule has 3 rings (SSSR count). The highest BCUT2D eigenvalue weighted by Gasteiger charge is 2.29. The first-order valence-corrected chi connectivity index (χ1v) is 11.0. The van der Waals surface area contributed by atoms with Crippen molar-refractivity contribution in [3.8, 4) is 0 Å². The van der Waals surface area contributed by atoms with Crippen LogP contribution in [-0.2, 0) is 20.0 Å². The number of aliphatic imine (C=N–C) groups is 1. The SMILES string of the molecule is Cc1nnc(CN=C(NCCc2cccs2)NCC2(C)CCCS2)n1C. The predicted molar refractivity (Wildman–Crippen MR) is 111 cm³/mol. The minimum absolute atomic E-state index is 0.303. The van der Waals surface area contributed by atoms with Crippen LogP contribution in [0.1, 0.15) is 36.3 Å². The van der Waals surface area contributed by atoms with Crippen LogP contribution in [0.4, 0.5) is 0 Å². The van der Waals surface area contributed by atoms with E-state index in [1.54, 1.807) is 11.3 Å². The van der Waals surface area contributed by atoms with Gasteiger partial charge < -0.3 is 15.2 Å². The zero-order valence-electron chi connectivity index (χ0n) is 15.8. The Kier molecular flexibility index (Phi) is 6.58. The maximum Gasteiger partial charge on any atom is 0.191 e. The minimum atomic E-state index is 0.303. The molecule has 1 unspecified atom stereocenters. The van der Waals surface area contributed by atoms with Crippen LogP contribution in [0.5, 0.6) is 0 Å². The van der Waals surface area contributed by atoms with Gasteiger partial charge in [-0.25, -0.2) is 4.99 Å². The highest BCUT2D eigenvalue weighted by atomic mass is 32.2. The van der Waals surface area contributed by atoms with E-state index in [0.29, 0.717) is 11.3 Å². The number of thioether (sulfide) groups is 1. The number of rotatable bonds is 7. The first-order valence-electron chi connectivity index (χ1n) is 9.09. The molecule has 0 aliphatic carbocycles. The van der Waals surface area contributed by atoms with Crippen molar-refractivity contribution in [1.29, 1.82) is 0 Å². The summed E-state index contributed by atoms with van der Waals surface area (Å²) in [4.78, 5) is 6.13. The molecule has 3 heterocycles. The van der Waals surface area contributed by atoms with Crippen molar-refractivity contribution < 1.29 is 0 Å². The molecule has 6 nitrogen and oxygen atoms in total. The molecular formula is C18H28N6S2. The first kappa shape index (κ1) is 19.2. The Hall–Kier alpha value is -1.54. The molecule has 0 saturated carbocycles. The van der Waals surface area contributed by atoms with E-state index in [2.05, 4.69) is 57.0 Å². The molecule has 0 spiro atoms. The van der Waals surface area contributed by atoms with Crippen LogP contribution in [-0.4, -0.2) is 44.3 Å². The molecule has 2 aromatic rings. The molecule has 2 aromatic heterocycles. The van der Waals surface area contributed by atoms with E-state index in [-0.39, 0.29) is 0 Å².